The zero-order chi connectivity index (χ0) is 15.2. The summed E-state index contributed by atoms with van der Waals surface area (Å²) in [6, 6.07) is 13.6. The molecule has 0 saturated carbocycles. The second-order valence-corrected chi connectivity index (χ2v) is 4.83. The van der Waals surface area contributed by atoms with Gasteiger partial charge in [-0.2, -0.15) is 0 Å². The maximum Gasteiger partial charge on any atom is 0.262 e. The van der Waals surface area contributed by atoms with E-state index in [0.29, 0.717) is 22.0 Å². The lowest BCUT2D eigenvalue weighted by molar-refractivity contribution is -0.118. The van der Waals surface area contributed by atoms with Crippen molar-refractivity contribution < 1.29 is 14.3 Å². The van der Waals surface area contributed by atoms with Gasteiger partial charge < -0.3 is 10.1 Å². The van der Waals surface area contributed by atoms with Gasteiger partial charge in [-0.25, -0.2) is 0 Å². The Balaban J connectivity index is 1.95. The van der Waals surface area contributed by atoms with Crippen molar-refractivity contribution in [2.45, 2.75) is 6.92 Å². The number of para-hydroxylation sites is 1. The van der Waals surface area contributed by atoms with Gasteiger partial charge in [0.25, 0.3) is 5.91 Å². The summed E-state index contributed by atoms with van der Waals surface area (Å²) >= 11 is 5.77. The van der Waals surface area contributed by atoms with E-state index < -0.39 is 0 Å². The van der Waals surface area contributed by atoms with Gasteiger partial charge in [0.1, 0.15) is 5.75 Å². The summed E-state index contributed by atoms with van der Waals surface area (Å²) in [4.78, 5) is 23.2. The second-order valence-electron chi connectivity index (χ2n) is 4.40. The maximum absolute atomic E-state index is 11.8. The van der Waals surface area contributed by atoms with Gasteiger partial charge in [-0.1, -0.05) is 23.7 Å². The number of Topliss-reactive ketones (excluding diaryl/α,β-unsaturated/α-hetero) is 1. The Bertz CT molecular complexity index is 653. The van der Waals surface area contributed by atoms with Crippen LogP contribution in [0, 0.1) is 0 Å². The predicted octanol–water partition coefficient (Wildman–Crippen LogP) is 3.56. The summed E-state index contributed by atoms with van der Waals surface area (Å²) in [6.45, 7) is 1.28. The molecule has 0 spiro atoms. The minimum Gasteiger partial charge on any atom is -0.483 e. The van der Waals surface area contributed by atoms with Crippen LogP contribution in [0.1, 0.15) is 17.3 Å². The number of amides is 1. The van der Waals surface area contributed by atoms with Gasteiger partial charge in [0.2, 0.25) is 0 Å². The van der Waals surface area contributed by atoms with Gasteiger partial charge in [-0.05, 0) is 43.3 Å². The molecule has 0 saturated heterocycles. The van der Waals surface area contributed by atoms with E-state index in [-0.39, 0.29) is 18.3 Å². The Morgan fingerprint density at radius 1 is 1.10 bits per heavy atom. The first-order valence-electron chi connectivity index (χ1n) is 6.34. The van der Waals surface area contributed by atoms with Crippen LogP contribution in [-0.4, -0.2) is 18.3 Å². The highest BCUT2D eigenvalue weighted by Crippen LogP contribution is 2.18. The van der Waals surface area contributed by atoms with Crippen molar-refractivity contribution in [2.75, 3.05) is 11.9 Å². The largest absolute Gasteiger partial charge is 0.483 e. The number of hydrogen-bond acceptors (Lipinski definition) is 3. The Hall–Kier alpha value is -2.33. The number of nitrogens with one attached hydrogen (secondary N) is 1. The molecule has 1 N–H and O–H groups in total. The smallest absolute Gasteiger partial charge is 0.262 e. The van der Waals surface area contributed by atoms with Crippen molar-refractivity contribution in [3.05, 3.63) is 59.1 Å². The minimum atomic E-state index is -0.310. The Morgan fingerprint density at radius 3 is 2.43 bits per heavy atom. The average molecular weight is 304 g/mol. The summed E-state index contributed by atoms with van der Waals surface area (Å²) < 4.78 is 5.40. The van der Waals surface area contributed by atoms with Crippen molar-refractivity contribution in [2.24, 2.45) is 0 Å². The monoisotopic (exact) mass is 303 g/mol. The van der Waals surface area contributed by atoms with Crippen molar-refractivity contribution in [3.8, 4) is 5.75 Å². The van der Waals surface area contributed by atoms with Gasteiger partial charge in [0.05, 0.1) is 5.56 Å². The number of benzene rings is 2. The van der Waals surface area contributed by atoms with Crippen molar-refractivity contribution in [1.82, 2.24) is 0 Å². The Labute approximate surface area is 127 Å². The number of ketones is 1. The van der Waals surface area contributed by atoms with Crippen LogP contribution < -0.4 is 10.1 Å². The second kappa shape index (κ2) is 6.90. The summed E-state index contributed by atoms with van der Waals surface area (Å²) in [6.07, 6.45) is 0. The zero-order valence-corrected chi connectivity index (χ0v) is 12.2. The van der Waals surface area contributed by atoms with Gasteiger partial charge in [-0.15, -0.1) is 0 Å². The maximum atomic E-state index is 11.8. The molecule has 1 amide bonds. The van der Waals surface area contributed by atoms with Crippen LogP contribution in [0.2, 0.25) is 5.02 Å². The lowest BCUT2D eigenvalue weighted by Crippen LogP contribution is -2.20. The molecule has 2 aromatic rings. The van der Waals surface area contributed by atoms with E-state index in [4.69, 9.17) is 16.3 Å². The van der Waals surface area contributed by atoms with Crippen LogP contribution in [0.5, 0.6) is 5.75 Å². The van der Waals surface area contributed by atoms with Crippen LogP contribution >= 0.6 is 11.6 Å². The van der Waals surface area contributed by atoms with E-state index in [2.05, 4.69) is 5.32 Å². The number of hydrogen-bond donors (Lipinski definition) is 1. The third-order valence-electron chi connectivity index (χ3n) is 2.75. The molecule has 108 valence electrons. The van der Waals surface area contributed by atoms with Crippen molar-refractivity contribution >= 4 is 29.0 Å². The molecule has 0 radical (unpaired) electrons. The third kappa shape index (κ3) is 4.33. The van der Waals surface area contributed by atoms with Crippen molar-refractivity contribution in [1.29, 1.82) is 0 Å². The molecule has 0 aliphatic heterocycles. The summed E-state index contributed by atoms with van der Waals surface area (Å²) in [5, 5.41) is 3.28. The fourth-order valence-corrected chi connectivity index (χ4v) is 1.88. The number of anilines is 1. The average Bonchev–Trinajstić information content (AvgIpc) is 2.48. The van der Waals surface area contributed by atoms with E-state index in [1.54, 1.807) is 48.5 Å². The van der Waals surface area contributed by atoms with Gasteiger partial charge >= 0.3 is 0 Å². The highest BCUT2D eigenvalue weighted by atomic mass is 35.5. The Morgan fingerprint density at radius 2 is 1.76 bits per heavy atom. The van der Waals surface area contributed by atoms with Gasteiger partial charge in [0.15, 0.2) is 12.4 Å². The number of ether oxygens (including phenoxy) is 1. The molecule has 0 atom stereocenters. The molecule has 0 fully saturated rings. The predicted molar refractivity (Wildman–Crippen MR) is 82.0 cm³/mol. The highest BCUT2D eigenvalue weighted by molar-refractivity contribution is 6.30. The molecule has 0 unspecified atom stereocenters. The third-order valence-corrected chi connectivity index (χ3v) is 3.01. The summed E-state index contributed by atoms with van der Waals surface area (Å²) in [5.41, 5.74) is 1.09. The van der Waals surface area contributed by atoms with Crippen LogP contribution in [0.25, 0.3) is 0 Å². The molecule has 5 heteroatoms. The molecule has 0 aliphatic carbocycles. The molecule has 0 aliphatic rings. The normalized spacial score (nSPS) is 10.0. The molecule has 2 aromatic carbocycles. The highest BCUT2D eigenvalue weighted by Gasteiger charge is 2.09. The van der Waals surface area contributed by atoms with Crippen molar-refractivity contribution in [3.63, 3.8) is 0 Å². The van der Waals surface area contributed by atoms with E-state index in [9.17, 15) is 9.59 Å². The zero-order valence-electron chi connectivity index (χ0n) is 11.4. The van der Waals surface area contributed by atoms with Crippen LogP contribution in [-0.2, 0) is 4.79 Å². The number of halogens is 1. The van der Waals surface area contributed by atoms with Crippen LogP contribution in [0.15, 0.2) is 48.5 Å². The minimum absolute atomic E-state index is 0.108. The lowest BCUT2D eigenvalue weighted by Gasteiger charge is -2.10. The molecule has 0 aromatic heterocycles. The van der Waals surface area contributed by atoms with E-state index in [0.717, 1.165) is 0 Å². The molecule has 0 heterocycles. The van der Waals surface area contributed by atoms with E-state index >= 15 is 0 Å². The molecule has 21 heavy (non-hydrogen) atoms. The van der Waals surface area contributed by atoms with Gasteiger partial charge in [0, 0.05) is 10.7 Å². The SMILES string of the molecule is CC(=O)c1ccccc1OCC(=O)Nc1ccc(Cl)cc1. The summed E-state index contributed by atoms with van der Waals surface area (Å²) in [5.74, 6) is -0.0179. The quantitative estimate of drug-likeness (QED) is 0.859. The molecule has 4 nitrogen and oxygen atoms in total. The van der Waals surface area contributed by atoms with Crippen LogP contribution in [0.3, 0.4) is 0 Å². The van der Waals surface area contributed by atoms with E-state index in [1.165, 1.54) is 6.92 Å². The molecular weight excluding hydrogens is 290 g/mol. The topological polar surface area (TPSA) is 55.4 Å². The summed E-state index contributed by atoms with van der Waals surface area (Å²) in [7, 11) is 0. The Kier molecular flexibility index (Phi) is 4.95. The number of rotatable bonds is 5. The lowest BCUT2D eigenvalue weighted by atomic mass is 10.1. The number of carbonyl (C=O) groups excluding carboxylic acids is 2. The fourth-order valence-electron chi connectivity index (χ4n) is 1.76. The number of carbonyl (C=O) groups is 2. The molecular formula is C16H14ClNO3. The fraction of sp³-hybridized carbons (Fsp3) is 0.125. The standard InChI is InChI=1S/C16H14ClNO3/c1-11(19)14-4-2-3-5-15(14)21-10-16(20)18-13-8-6-12(17)7-9-13/h2-9H,10H2,1H3,(H,18,20). The first kappa shape index (κ1) is 15.1. The first-order valence-corrected chi connectivity index (χ1v) is 6.72. The molecule has 0 bridgehead atoms. The van der Waals surface area contributed by atoms with Gasteiger partial charge in [-0.3, -0.25) is 9.59 Å². The van der Waals surface area contributed by atoms with Crippen LogP contribution in [0.4, 0.5) is 5.69 Å². The van der Waals surface area contributed by atoms with E-state index in [1.807, 2.05) is 0 Å². The molecule has 2 rings (SSSR count). The first-order chi connectivity index (χ1) is 10.1.